The number of tetrazole rings is 1. The number of hydrogen-bond acceptors (Lipinski definition) is 5. The topological polar surface area (TPSA) is 68.0 Å². The molecule has 0 aromatic carbocycles. The SMILES string of the molecule is CCCC[C@@H]1CCC[C@H]1Nc1ccc2nnnn2n1. The van der Waals surface area contributed by atoms with Gasteiger partial charge in [0.25, 0.3) is 0 Å². The monoisotopic (exact) mass is 260 g/mol. The summed E-state index contributed by atoms with van der Waals surface area (Å²) in [5, 5.41) is 19.2. The van der Waals surface area contributed by atoms with Crippen LogP contribution < -0.4 is 5.32 Å². The number of unbranched alkanes of at least 4 members (excludes halogenated alkanes) is 1. The van der Waals surface area contributed by atoms with Crippen molar-refractivity contribution in [3.63, 3.8) is 0 Å². The van der Waals surface area contributed by atoms with Crippen molar-refractivity contribution in [2.75, 3.05) is 5.32 Å². The third-order valence-corrected chi connectivity index (χ3v) is 3.99. The molecule has 1 fully saturated rings. The van der Waals surface area contributed by atoms with Crippen LogP contribution in [0.15, 0.2) is 12.1 Å². The van der Waals surface area contributed by atoms with Crippen molar-refractivity contribution in [2.24, 2.45) is 5.92 Å². The lowest BCUT2D eigenvalue weighted by Gasteiger charge is -2.21. The van der Waals surface area contributed by atoms with E-state index in [1.807, 2.05) is 12.1 Å². The average molecular weight is 260 g/mol. The number of anilines is 1. The van der Waals surface area contributed by atoms with E-state index in [1.165, 1.54) is 43.2 Å². The third kappa shape index (κ3) is 2.67. The molecule has 0 saturated heterocycles. The summed E-state index contributed by atoms with van der Waals surface area (Å²) in [5.41, 5.74) is 0.680. The lowest BCUT2D eigenvalue weighted by atomic mass is 9.97. The van der Waals surface area contributed by atoms with Crippen LogP contribution in [-0.2, 0) is 0 Å². The van der Waals surface area contributed by atoms with Crippen molar-refractivity contribution in [3.8, 4) is 0 Å². The first-order chi connectivity index (χ1) is 9.36. The molecule has 0 bridgehead atoms. The first-order valence-corrected chi connectivity index (χ1v) is 7.19. The predicted octanol–water partition coefficient (Wildman–Crippen LogP) is 2.29. The van der Waals surface area contributed by atoms with E-state index in [9.17, 15) is 0 Å². The third-order valence-electron chi connectivity index (χ3n) is 3.99. The molecule has 19 heavy (non-hydrogen) atoms. The zero-order valence-electron chi connectivity index (χ0n) is 11.3. The number of hydrogen-bond donors (Lipinski definition) is 1. The van der Waals surface area contributed by atoms with Gasteiger partial charge in [0.2, 0.25) is 0 Å². The van der Waals surface area contributed by atoms with Gasteiger partial charge in [-0.1, -0.05) is 26.2 Å². The number of aromatic nitrogens is 5. The Morgan fingerprint density at radius 1 is 1.37 bits per heavy atom. The maximum atomic E-state index is 4.38. The molecule has 6 heteroatoms. The number of nitrogens with one attached hydrogen (secondary N) is 1. The molecule has 2 aromatic heterocycles. The summed E-state index contributed by atoms with van der Waals surface area (Å²) < 4.78 is 1.47. The van der Waals surface area contributed by atoms with E-state index < -0.39 is 0 Å². The Morgan fingerprint density at radius 3 is 3.21 bits per heavy atom. The van der Waals surface area contributed by atoms with Gasteiger partial charge in [-0.05, 0) is 47.7 Å². The van der Waals surface area contributed by atoms with Crippen LogP contribution in [0.2, 0.25) is 0 Å². The standard InChI is InChI=1S/C13H20N6/c1-2-3-5-10-6-4-7-11(10)14-12-8-9-13-15-17-18-19(13)16-12/h8-11H,2-7H2,1H3,(H,14,16)/t10-,11-/m1/s1. The molecule has 0 spiro atoms. The fourth-order valence-corrected chi connectivity index (χ4v) is 2.96. The summed E-state index contributed by atoms with van der Waals surface area (Å²) in [6.07, 6.45) is 7.81. The fraction of sp³-hybridized carbons (Fsp3) is 0.692. The van der Waals surface area contributed by atoms with Crippen LogP contribution in [0.5, 0.6) is 0 Å². The molecule has 1 saturated carbocycles. The Hall–Kier alpha value is -1.72. The minimum atomic E-state index is 0.549. The highest BCUT2D eigenvalue weighted by molar-refractivity contribution is 5.42. The van der Waals surface area contributed by atoms with E-state index in [2.05, 4.69) is 32.9 Å². The summed E-state index contributed by atoms with van der Waals surface area (Å²) in [6.45, 7) is 2.25. The maximum absolute atomic E-state index is 4.38. The zero-order chi connectivity index (χ0) is 13.1. The van der Waals surface area contributed by atoms with Crippen molar-refractivity contribution in [2.45, 2.75) is 51.5 Å². The summed E-state index contributed by atoms with van der Waals surface area (Å²) in [6, 6.07) is 4.40. The number of fused-ring (bicyclic) bond motifs is 1. The fourth-order valence-electron chi connectivity index (χ4n) is 2.96. The minimum Gasteiger partial charge on any atom is -0.366 e. The number of rotatable bonds is 5. The van der Waals surface area contributed by atoms with Crippen LogP contribution >= 0.6 is 0 Å². The van der Waals surface area contributed by atoms with Crippen LogP contribution in [0.4, 0.5) is 5.82 Å². The first kappa shape index (κ1) is 12.3. The normalized spacial score (nSPS) is 23.0. The van der Waals surface area contributed by atoms with Gasteiger partial charge in [0.05, 0.1) is 0 Å². The second kappa shape index (κ2) is 5.50. The molecule has 1 N–H and O–H groups in total. The average Bonchev–Trinajstić information content (AvgIpc) is 3.05. The van der Waals surface area contributed by atoms with Crippen LogP contribution in [0.3, 0.4) is 0 Å². The molecule has 102 valence electrons. The molecule has 1 aliphatic rings. The van der Waals surface area contributed by atoms with Crippen molar-refractivity contribution >= 4 is 11.5 Å². The predicted molar refractivity (Wildman–Crippen MR) is 72.9 cm³/mol. The Labute approximate surface area is 112 Å². The molecule has 6 nitrogen and oxygen atoms in total. The molecule has 0 unspecified atom stereocenters. The highest BCUT2D eigenvalue weighted by Crippen LogP contribution is 2.31. The van der Waals surface area contributed by atoms with Gasteiger partial charge in [0.15, 0.2) is 5.65 Å². The molecular formula is C13H20N6. The summed E-state index contributed by atoms with van der Waals surface area (Å²) in [4.78, 5) is 0. The lowest BCUT2D eigenvalue weighted by molar-refractivity contribution is 0.447. The van der Waals surface area contributed by atoms with Gasteiger partial charge in [-0.15, -0.1) is 14.8 Å². The summed E-state index contributed by atoms with van der Waals surface area (Å²) in [5.74, 6) is 1.65. The lowest BCUT2D eigenvalue weighted by Crippen LogP contribution is -2.24. The highest BCUT2D eigenvalue weighted by atomic mass is 15.6. The van der Waals surface area contributed by atoms with Crippen LogP contribution in [0.25, 0.3) is 5.65 Å². The van der Waals surface area contributed by atoms with Gasteiger partial charge >= 0.3 is 0 Å². The van der Waals surface area contributed by atoms with Crippen LogP contribution in [-0.4, -0.2) is 31.3 Å². The van der Waals surface area contributed by atoms with E-state index in [0.717, 1.165) is 11.7 Å². The largest absolute Gasteiger partial charge is 0.366 e. The molecular weight excluding hydrogens is 240 g/mol. The van der Waals surface area contributed by atoms with Crippen molar-refractivity contribution in [1.29, 1.82) is 0 Å². The Kier molecular flexibility index (Phi) is 3.57. The van der Waals surface area contributed by atoms with Gasteiger partial charge < -0.3 is 5.32 Å². The van der Waals surface area contributed by atoms with Gasteiger partial charge in [-0.2, -0.15) is 0 Å². The molecule has 0 radical (unpaired) electrons. The molecule has 2 heterocycles. The Morgan fingerprint density at radius 2 is 2.32 bits per heavy atom. The van der Waals surface area contributed by atoms with Gasteiger partial charge in [-0.3, -0.25) is 0 Å². The van der Waals surface area contributed by atoms with E-state index in [1.54, 1.807) is 0 Å². The van der Waals surface area contributed by atoms with Gasteiger partial charge in [0.1, 0.15) is 5.82 Å². The Bertz CT molecular complexity index is 537. The molecule has 1 aliphatic carbocycles. The van der Waals surface area contributed by atoms with E-state index in [4.69, 9.17) is 0 Å². The second-order valence-electron chi connectivity index (χ2n) is 5.33. The van der Waals surface area contributed by atoms with E-state index in [0.29, 0.717) is 11.7 Å². The minimum absolute atomic E-state index is 0.549. The second-order valence-corrected chi connectivity index (χ2v) is 5.33. The maximum Gasteiger partial charge on any atom is 0.200 e. The molecule has 3 rings (SSSR count). The number of nitrogens with zero attached hydrogens (tertiary/aromatic N) is 5. The smallest absolute Gasteiger partial charge is 0.200 e. The van der Waals surface area contributed by atoms with E-state index >= 15 is 0 Å². The van der Waals surface area contributed by atoms with Gasteiger partial charge in [-0.25, -0.2) is 0 Å². The summed E-state index contributed by atoms with van der Waals surface area (Å²) in [7, 11) is 0. The summed E-state index contributed by atoms with van der Waals surface area (Å²) >= 11 is 0. The molecule has 0 aliphatic heterocycles. The Balaban J connectivity index is 1.69. The van der Waals surface area contributed by atoms with Crippen molar-refractivity contribution in [1.82, 2.24) is 25.3 Å². The first-order valence-electron chi connectivity index (χ1n) is 7.19. The van der Waals surface area contributed by atoms with E-state index in [-0.39, 0.29) is 0 Å². The quantitative estimate of drug-likeness (QED) is 0.893. The van der Waals surface area contributed by atoms with Crippen molar-refractivity contribution < 1.29 is 0 Å². The highest BCUT2D eigenvalue weighted by Gasteiger charge is 2.26. The van der Waals surface area contributed by atoms with Crippen molar-refractivity contribution in [3.05, 3.63) is 12.1 Å². The van der Waals surface area contributed by atoms with Crippen LogP contribution in [0.1, 0.15) is 45.4 Å². The molecule has 2 aromatic rings. The molecule has 2 atom stereocenters. The van der Waals surface area contributed by atoms with Crippen LogP contribution in [0, 0.1) is 5.92 Å². The molecule has 0 amide bonds. The zero-order valence-corrected chi connectivity index (χ0v) is 11.3. The van der Waals surface area contributed by atoms with Gasteiger partial charge in [0, 0.05) is 6.04 Å².